The molecule has 3 heteroatoms. The highest BCUT2D eigenvalue weighted by Gasteiger charge is 1.99. The molecule has 0 bridgehead atoms. The van der Waals surface area contributed by atoms with Crippen molar-refractivity contribution in [1.29, 1.82) is 0 Å². The highest BCUT2D eigenvalue weighted by molar-refractivity contribution is 5.64. The van der Waals surface area contributed by atoms with Crippen LogP contribution in [0.5, 0.6) is 0 Å². The van der Waals surface area contributed by atoms with Crippen LogP contribution in [0.4, 0.5) is 0 Å². The zero-order valence-corrected chi connectivity index (χ0v) is 10.1. The highest BCUT2D eigenvalue weighted by atomic mass is 16.7. The van der Waals surface area contributed by atoms with Gasteiger partial charge in [0.25, 0.3) is 0 Å². The highest BCUT2D eigenvalue weighted by Crippen LogP contribution is 1.95. The molecule has 0 aliphatic rings. The number of carbonyl (C=O) groups is 1. The van der Waals surface area contributed by atoms with Crippen molar-refractivity contribution >= 4 is 6.29 Å². The molecule has 0 radical (unpaired) electrons. The molecule has 88 valence electrons. The van der Waals surface area contributed by atoms with Crippen LogP contribution in [-0.4, -0.2) is 25.8 Å². The summed E-state index contributed by atoms with van der Waals surface area (Å²) in [6.07, 6.45) is 7.55. The van der Waals surface area contributed by atoms with Gasteiger partial charge < -0.3 is 9.47 Å². The lowest BCUT2D eigenvalue weighted by atomic mass is 10.5. The Morgan fingerprint density at radius 3 is 1.80 bits per heavy atom. The minimum atomic E-state index is -0.153. The Morgan fingerprint density at radius 1 is 1.07 bits per heavy atom. The van der Waals surface area contributed by atoms with Crippen molar-refractivity contribution in [3.8, 4) is 0 Å². The number of hydrogen-bond acceptors (Lipinski definition) is 3. The van der Waals surface area contributed by atoms with E-state index in [1.54, 1.807) is 13.0 Å². The van der Waals surface area contributed by atoms with Gasteiger partial charge in [0.2, 0.25) is 0 Å². The van der Waals surface area contributed by atoms with Gasteiger partial charge in [0, 0.05) is 13.2 Å². The molecule has 0 aromatic rings. The van der Waals surface area contributed by atoms with Gasteiger partial charge >= 0.3 is 0 Å². The number of ether oxygens (including phenoxy) is 2. The second kappa shape index (κ2) is 15.5. The molecule has 0 aromatic heterocycles. The third-order valence-corrected chi connectivity index (χ3v) is 1.28. The normalized spacial score (nSPS) is 10.7. The SMILES string of the molecule is C/C=C/C(OCC)OCC.C/C=C/C=O. The molecule has 0 aromatic carbocycles. The van der Waals surface area contributed by atoms with E-state index in [4.69, 9.17) is 9.47 Å². The van der Waals surface area contributed by atoms with Crippen LogP contribution in [0.15, 0.2) is 24.3 Å². The first-order chi connectivity index (χ1) is 7.26. The van der Waals surface area contributed by atoms with Gasteiger partial charge in [0.15, 0.2) is 6.29 Å². The molecule has 0 aliphatic heterocycles. The Kier molecular flexibility index (Phi) is 17.1. The molecule has 0 fully saturated rings. The molecular weight excluding hydrogens is 192 g/mol. The van der Waals surface area contributed by atoms with Crippen molar-refractivity contribution in [1.82, 2.24) is 0 Å². The monoisotopic (exact) mass is 214 g/mol. The lowest BCUT2D eigenvalue weighted by Crippen LogP contribution is -2.13. The maximum Gasteiger partial charge on any atom is 0.176 e. The summed E-state index contributed by atoms with van der Waals surface area (Å²) in [6.45, 7) is 9.04. The molecule has 0 amide bonds. The lowest BCUT2D eigenvalue weighted by Gasteiger charge is -2.11. The van der Waals surface area contributed by atoms with Crippen LogP contribution >= 0.6 is 0 Å². The van der Waals surface area contributed by atoms with Crippen molar-refractivity contribution in [2.24, 2.45) is 0 Å². The van der Waals surface area contributed by atoms with Gasteiger partial charge in [-0.2, -0.15) is 0 Å². The average Bonchev–Trinajstić information content (AvgIpc) is 2.21. The fourth-order valence-corrected chi connectivity index (χ4v) is 0.723. The zero-order chi connectivity index (χ0) is 11.9. The summed E-state index contributed by atoms with van der Waals surface area (Å²) in [5.41, 5.74) is 0. The van der Waals surface area contributed by atoms with E-state index in [9.17, 15) is 4.79 Å². The van der Waals surface area contributed by atoms with E-state index in [2.05, 4.69) is 0 Å². The second-order valence-corrected chi connectivity index (χ2v) is 2.47. The van der Waals surface area contributed by atoms with E-state index in [0.29, 0.717) is 13.2 Å². The van der Waals surface area contributed by atoms with E-state index in [1.165, 1.54) is 6.08 Å². The maximum absolute atomic E-state index is 9.32. The molecule has 15 heavy (non-hydrogen) atoms. The smallest absolute Gasteiger partial charge is 0.176 e. The van der Waals surface area contributed by atoms with Crippen molar-refractivity contribution in [3.05, 3.63) is 24.3 Å². The van der Waals surface area contributed by atoms with Crippen molar-refractivity contribution < 1.29 is 14.3 Å². The summed E-state index contributed by atoms with van der Waals surface area (Å²) in [6, 6.07) is 0. The van der Waals surface area contributed by atoms with Crippen LogP contribution in [0.3, 0.4) is 0 Å². The first-order valence-electron chi connectivity index (χ1n) is 5.19. The van der Waals surface area contributed by atoms with Crippen LogP contribution < -0.4 is 0 Å². The number of hydrogen-bond donors (Lipinski definition) is 0. The van der Waals surface area contributed by atoms with E-state index in [-0.39, 0.29) is 6.29 Å². The van der Waals surface area contributed by atoms with Crippen LogP contribution in [0.1, 0.15) is 27.7 Å². The summed E-state index contributed by atoms with van der Waals surface area (Å²) in [7, 11) is 0. The van der Waals surface area contributed by atoms with Crippen LogP contribution in [-0.2, 0) is 14.3 Å². The van der Waals surface area contributed by atoms with Gasteiger partial charge in [0.1, 0.15) is 6.29 Å². The third-order valence-electron chi connectivity index (χ3n) is 1.28. The maximum atomic E-state index is 9.32. The molecule has 0 saturated heterocycles. The molecule has 0 aliphatic carbocycles. The topological polar surface area (TPSA) is 35.5 Å². The Balaban J connectivity index is 0. The fraction of sp³-hybridized carbons (Fsp3) is 0.583. The molecule has 0 heterocycles. The van der Waals surface area contributed by atoms with Crippen LogP contribution in [0.2, 0.25) is 0 Å². The summed E-state index contributed by atoms with van der Waals surface area (Å²) >= 11 is 0. The number of rotatable bonds is 6. The third kappa shape index (κ3) is 15.8. The fourth-order valence-electron chi connectivity index (χ4n) is 0.723. The van der Waals surface area contributed by atoms with E-state index < -0.39 is 0 Å². The average molecular weight is 214 g/mol. The Hall–Kier alpha value is -0.930. The van der Waals surface area contributed by atoms with E-state index >= 15 is 0 Å². The zero-order valence-electron chi connectivity index (χ0n) is 10.1. The van der Waals surface area contributed by atoms with Crippen molar-refractivity contribution in [2.45, 2.75) is 34.0 Å². The van der Waals surface area contributed by atoms with Crippen molar-refractivity contribution in [3.63, 3.8) is 0 Å². The summed E-state index contributed by atoms with van der Waals surface area (Å²) in [4.78, 5) is 9.32. The lowest BCUT2D eigenvalue weighted by molar-refractivity contribution is -0.104. The van der Waals surface area contributed by atoms with Crippen molar-refractivity contribution in [2.75, 3.05) is 13.2 Å². The Morgan fingerprint density at radius 2 is 1.60 bits per heavy atom. The number of aldehydes is 1. The summed E-state index contributed by atoms with van der Waals surface area (Å²) < 4.78 is 10.4. The van der Waals surface area contributed by atoms with E-state index in [1.807, 2.05) is 32.9 Å². The summed E-state index contributed by atoms with van der Waals surface area (Å²) in [5.74, 6) is 0. The van der Waals surface area contributed by atoms with Crippen LogP contribution in [0.25, 0.3) is 0 Å². The van der Waals surface area contributed by atoms with Gasteiger partial charge in [-0.25, -0.2) is 0 Å². The molecule has 0 unspecified atom stereocenters. The minimum absolute atomic E-state index is 0.153. The minimum Gasteiger partial charge on any atom is -0.349 e. The van der Waals surface area contributed by atoms with Gasteiger partial charge in [-0.3, -0.25) is 4.79 Å². The molecule has 0 atom stereocenters. The molecule has 0 saturated carbocycles. The van der Waals surface area contributed by atoms with E-state index in [0.717, 1.165) is 6.29 Å². The Bertz CT molecular complexity index is 168. The Labute approximate surface area is 92.8 Å². The molecule has 0 spiro atoms. The number of carbonyl (C=O) groups excluding carboxylic acids is 1. The predicted molar refractivity (Wildman–Crippen MR) is 62.7 cm³/mol. The molecule has 0 N–H and O–H groups in total. The second-order valence-electron chi connectivity index (χ2n) is 2.47. The first kappa shape index (κ1) is 16.5. The molecule has 3 nitrogen and oxygen atoms in total. The quantitative estimate of drug-likeness (QED) is 0.295. The molecule has 0 rings (SSSR count). The van der Waals surface area contributed by atoms with Gasteiger partial charge in [-0.1, -0.05) is 12.2 Å². The first-order valence-corrected chi connectivity index (χ1v) is 5.19. The summed E-state index contributed by atoms with van der Waals surface area (Å²) in [5, 5.41) is 0. The predicted octanol–water partition coefficient (Wildman–Crippen LogP) is 2.72. The number of allylic oxidation sites excluding steroid dienone is 3. The van der Waals surface area contributed by atoms with Crippen LogP contribution in [0, 0.1) is 0 Å². The molecular formula is C12H22O3. The van der Waals surface area contributed by atoms with Gasteiger partial charge in [-0.05, 0) is 39.8 Å². The van der Waals surface area contributed by atoms with Gasteiger partial charge in [-0.15, -0.1) is 0 Å². The standard InChI is InChI=1S/C8H16O2.C4H6O/c1-4-7-8(9-5-2)10-6-3;1-2-3-4-5/h4,7-8H,5-6H2,1-3H3;2-4H,1H3/b7-4+;3-2+. The largest absolute Gasteiger partial charge is 0.349 e. The van der Waals surface area contributed by atoms with Gasteiger partial charge in [0.05, 0.1) is 0 Å².